The minimum Gasteiger partial charge on any atom is -0.337 e. The maximum atomic E-state index is 13.1. The fourth-order valence-corrected chi connectivity index (χ4v) is 3.89. The molecule has 1 aliphatic heterocycles. The highest BCUT2D eigenvalue weighted by molar-refractivity contribution is 5.84. The zero-order chi connectivity index (χ0) is 17.4. The predicted octanol–water partition coefficient (Wildman–Crippen LogP) is 2.34. The summed E-state index contributed by atoms with van der Waals surface area (Å²) in [5, 5.41) is 8.84. The van der Waals surface area contributed by atoms with Crippen LogP contribution in [0.4, 0.5) is 0 Å². The summed E-state index contributed by atoms with van der Waals surface area (Å²) in [6.07, 6.45) is 6.02. The van der Waals surface area contributed by atoms with Crippen molar-refractivity contribution in [2.75, 3.05) is 6.54 Å². The van der Waals surface area contributed by atoms with E-state index in [-0.39, 0.29) is 17.9 Å². The van der Waals surface area contributed by atoms with Gasteiger partial charge in [0, 0.05) is 31.0 Å². The van der Waals surface area contributed by atoms with Gasteiger partial charge in [0.2, 0.25) is 5.91 Å². The van der Waals surface area contributed by atoms with E-state index in [0.29, 0.717) is 0 Å². The van der Waals surface area contributed by atoms with Gasteiger partial charge in [-0.2, -0.15) is 10.2 Å². The third kappa shape index (κ3) is 2.97. The van der Waals surface area contributed by atoms with E-state index in [2.05, 4.69) is 10.2 Å². The number of amides is 1. The minimum absolute atomic E-state index is 0.154. The fraction of sp³-hybridized carbons (Fsp3) is 0.611. The first-order valence-corrected chi connectivity index (χ1v) is 8.68. The molecule has 3 rings (SSSR count). The third-order valence-electron chi connectivity index (χ3n) is 5.19. The van der Waals surface area contributed by atoms with Gasteiger partial charge < -0.3 is 4.90 Å². The second-order valence-corrected chi connectivity index (χ2v) is 7.00. The zero-order valence-electron chi connectivity index (χ0n) is 15.3. The van der Waals surface area contributed by atoms with Crippen molar-refractivity contribution in [2.24, 2.45) is 7.05 Å². The summed E-state index contributed by atoms with van der Waals surface area (Å²) < 4.78 is 3.82. The van der Waals surface area contributed by atoms with E-state index >= 15 is 0 Å². The Morgan fingerprint density at radius 3 is 2.71 bits per heavy atom. The van der Waals surface area contributed by atoms with Crippen molar-refractivity contribution in [3.8, 4) is 0 Å². The van der Waals surface area contributed by atoms with Crippen LogP contribution in [0.1, 0.15) is 48.2 Å². The van der Waals surface area contributed by atoms with Crippen molar-refractivity contribution in [3.05, 3.63) is 34.9 Å². The number of hydrogen-bond donors (Lipinski definition) is 0. The largest absolute Gasteiger partial charge is 0.337 e. The van der Waals surface area contributed by atoms with Crippen molar-refractivity contribution in [3.63, 3.8) is 0 Å². The molecule has 0 spiro atoms. The molecule has 0 radical (unpaired) electrons. The van der Waals surface area contributed by atoms with Crippen molar-refractivity contribution < 1.29 is 4.79 Å². The van der Waals surface area contributed by atoms with E-state index in [1.54, 1.807) is 0 Å². The van der Waals surface area contributed by atoms with Gasteiger partial charge in [-0.3, -0.25) is 14.2 Å². The Balaban J connectivity index is 1.77. The standard InChI is InChI=1S/C18H27N5O/c1-12-9-19-22(10-12)11-16-7-6-8-23(16)18(24)13(2)17-14(3)20-21(5)15(17)4/h9-10,13,16H,6-8,11H2,1-5H3/t13-,16+/m1/s1. The van der Waals surface area contributed by atoms with Gasteiger partial charge >= 0.3 is 0 Å². The summed E-state index contributed by atoms with van der Waals surface area (Å²) in [7, 11) is 1.93. The summed E-state index contributed by atoms with van der Waals surface area (Å²) in [5.41, 5.74) is 4.25. The molecule has 0 unspecified atom stereocenters. The molecule has 3 heterocycles. The number of aryl methyl sites for hydroxylation is 3. The highest BCUT2D eigenvalue weighted by atomic mass is 16.2. The van der Waals surface area contributed by atoms with Crippen LogP contribution in [0.25, 0.3) is 0 Å². The van der Waals surface area contributed by atoms with Crippen molar-refractivity contribution >= 4 is 5.91 Å². The Morgan fingerprint density at radius 2 is 2.12 bits per heavy atom. The molecule has 1 aliphatic rings. The molecule has 1 saturated heterocycles. The lowest BCUT2D eigenvalue weighted by Gasteiger charge is -2.28. The molecule has 1 fully saturated rings. The lowest BCUT2D eigenvalue weighted by Crippen LogP contribution is -2.40. The van der Waals surface area contributed by atoms with Gasteiger partial charge in [-0.05, 0) is 46.1 Å². The van der Waals surface area contributed by atoms with Gasteiger partial charge in [-0.1, -0.05) is 0 Å². The third-order valence-corrected chi connectivity index (χ3v) is 5.19. The number of rotatable bonds is 4. The van der Waals surface area contributed by atoms with E-state index in [1.807, 2.05) is 61.4 Å². The fourth-order valence-electron chi connectivity index (χ4n) is 3.89. The van der Waals surface area contributed by atoms with Gasteiger partial charge in [0.25, 0.3) is 0 Å². The van der Waals surface area contributed by atoms with Crippen LogP contribution < -0.4 is 0 Å². The average molecular weight is 329 g/mol. The molecule has 6 nitrogen and oxygen atoms in total. The summed E-state index contributed by atoms with van der Waals surface area (Å²) >= 11 is 0. The normalized spacial score (nSPS) is 19.0. The maximum absolute atomic E-state index is 13.1. The van der Waals surface area contributed by atoms with E-state index < -0.39 is 0 Å². The molecule has 0 N–H and O–H groups in total. The van der Waals surface area contributed by atoms with E-state index in [4.69, 9.17) is 0 Å². The Morgan fingerprint density at radius 1 is 1.38 bits per heavy atom. The topological polar surface area (TPSA) is 56.0 Å². The summed E-state index contributed by atoms with van der Waals surface area (Å²) in [6, 6.07) is 0.233. The molecule has 0 bridgehead atoms. The first-order chi connectivity index (χ1) is 11.4. The molecule has 2 aromatic rings. The zero-order valence-corrected chi connectivity index (χ0v) is 15.3. The Hall–Kier alpha value is -2.11. The second-order valence-electron chi connectivity index (χ2n) is 7.00. The number of hydrogen-bond acceptors (Lipinski definition) is 3. The SMILES string of the molecule is Cc1cnn(C[C@@H]2CCCN2C(=O)[C@H](C)c2c(C)nn(C)c2C)c1. The van der Waals surface area contributed by atoms with Crippen molar-refractivity contribution in [1.29, 1.82) is 0 Å². The summed E-state index contributed by atoms with van der Waals surface area (Å²) in [6.45, 7) is 9.68. The summed E-state index contributed by atoms with van der Waals surface area (Å²) in [5.74, 6) is 0.0548. The maximum Gasteiger partial charge on any atom is 0.230 e. The van der Waals surface area contributed by atoms with Crippen LogP contribution in [0.5, 0.6) is 0 Å². The number of carbonyl (C=O) groups excluding carboxylic acids is 1. The van der Waals surface area contributed by atoms with Gasteiger partial charge in [0.05, 0.1) is 30.4 Å². The molecular weight excluding hydrogens is 302 g/mol. The number of aromatic nitrogens is 4. The minimum atomic E-state index is -0.154. The Kier molecular flexibility index (Phi) is 4.47. The van der Waals surface area contributed by atoms with Gasteiger partial charge in [-0.25, -0.2) is 0 Å². The van der Waals surface area contributed by atoms with Crippen LogP contribution in [0.15, 0.2) is 12.4 Å². The highest BCUT2D eigenvalue weighted by Gasteiger charge is 2.34. The van der Waals surface area contributed by atoms with Crippen molar-refractivity contribution in [1.82, 2.24) is 24.5 Å². The predicted molar refractivity (Wildman–Crippen MR) is 92.8 cm³/mol. The smallest absolute Gasteiger partial charge is 0.230 e. The van der Waals surface area contributed by atoms with Crippen LogP contribution in [0.2, 0.25) is 0 Å². The molecule has 24 heavy (non-hydrogen) atoms. The number of carbonyl (C=O) groups is 1. The Bertz CT molecular complexity index is 745. The number of likely N-dealkylation sites (tertiary alicyclic amines) is 1. The average Bonchev–Trinajstić information content (AvgIpc) is 3.21. The van der Waals surface area contributed by atoms with Gasteiger partial charge in [-0.15, -0.1) is 0 Å². The van der Waals surface area contributed by atoms with Crippen molar-refractivity contribution in [2.45, 2.75) is 59.0 Å². The van der Waals surface area contributed by atoms with E-state index in [1.165, 1.54) is 0 Å². The van der Waals surface area contributed by atoms with Gasteiger partial charge in [0.1, 0.15) is 0 Å². The molecular formula is C18H27N5O. The number of nitrogens with zero attached hydrogens (tertiary/aromatic N) is 5. The molecule has 0 aliphatic carbocycles. The highest BCUT2D eigenvalue weighted by Crippen LogP contribution is 2.28. The van der Waals surface area contributed by atoms with E-state index in [9.17, 15) is 4.79 Å². The molecule has 0 saturated carbocycles. The second kappa shape index (κ2) is 6.42. The van der Waals surface area contributed by atoms with Crippen LogP contribution in [0, 0.1) is 20.8 Å². The monoisotopic (exact) mass is 329 g/mol. The molecule has 1 amide bonds. The molecule has 6 heteroatoms. The van der Waals surface area contributed by atoms with Crippen LogP contribution >= 0.6 is 0 Å². The molecule has 2 aromatic heterocycles. The van der Waals surface area contributed by atoms with Gasteiger partial charge in [0.15, 0.2) is 0 Å². The lowest BCUT2D eigenvalue weighted by molar-refractivity contribution is -0.133. The quantitative estimate of drug-likeness (QED) is 0.865. The molecule has 130 valence electrons. The first kappa shape index (κ1) is 16.7. The van der Waals surface area contributed by atoms with Crippen LogP contribution in [-0.4, -0.2) is 43.0 Å². The van der Waals surface area contributed by atoms with Crippen LogP contribution in [-0.2, 0) is 18.4 Å². The summed E-state index contributed by atoms with van der Waals surface area (Å²) in [4.78, 5) is 15.2. The lowest BCUT2D eigenvalue weighted by atomic mass is 9.97. The first-order valence-electron chi connectivity index (χ1n) is 8.68. The molecule has 2 atom stereocenters. The molecule has 0 aromatic carbocycles. The van der Waals surface area contributed by atoms with E-state index in [0.717, 1.165) is 48.4 Å². The Labute approximate surface area is 143 Å². The van der Waals surface area contributed by atoms with Crippen LogP contribution in [0.3, 0.4) is 0 Å².